The minimum absolute atomic E-state index is 0.246. The van der Waals surface area contributed by atoms with Crippen LogP contribution in [0.25, 0.3) is 0 Å². The molecule has 0 spiro atoms. The number of para-hydroxylation sites is 1. The van der Waals surface area contributed by atoms with Crippen molar-refractivity contribution in [1.29, 1.82) is 0 Å². The molecule has 0 atom stereocenters. The minimum Gasteiger partial charge on any atom is -0.338 e. The Labute approximate surface area is 124 Å². The Kier molecular flexibility index (Phi) is 4.99. The van der Waals surface area contributed by atoms with Crippen molar-refractivity contribution in [2.75, 3.05) is 18.5 Å². The minimum atomic E-state index is -0.246. The topological polar surface area (TPSA) is 15.3 Å². The molecule has 0 aliphatic carbocycles. The van der Waals surface area contributed by atoms with E-state index in [9.17, 15) is 4.39 Å². The monoisotopic (exact) mass is 292 g/mol. The number of nitrogens with zero attached hydrogens (tertiary/aromatic N) is 1. The molecule has 0 heterocycles. The summed E-state index contributed by atoms with van der Waals surface area (Å²) in [5.74, 6) is -0.246. The summed E-state index contributed by atoms with van der Waals surface area (Å²) < 4.78 is 13.9. The molecule has 0 fully saturated rings. The first-order chi connectivity index (χ1) is 9.67. The van der Waals surface area contributed by atoms with Gasteiger partial charge in [-0.25, -0.2) is 4.39 Å². The van der Waals surface area contributed by atoms with E-state index in [1.165, 1.54) is 6.07 Å². The van der Waals surface area contributed by atoms with Crippen LogP contribution in [0.4, 0.5) is 15.8 Å². The Morgan fingerprint density at radius 3 is 2.50 bits per heavy atom. The van der Waals surface area contributed by atoms with E-state index >= 15 is 0 Å². The first kappa shape index (κ1) is 14.8. The van der Waals surface area contributed by atoms with E-state index in [1.54, 1.807) is 12.1 Å². The molecule has 0 saturated carbocycles. The van der Waals surface area contributed by atoms with E-state index in [0.29, 0.717) is 17.3 Å². The molecule has 2 aromatic rings. The van der Waals surface area contributed by atoms with Crippen molar-refractivity contribution in [3.05, 3.63) is 58.9 Å². The average Bonchev–Trinajstić information content (AvgIpc) is 2.44. The second-order valence-corrected chi connectivity index (χ2v) is 4.92. The van der Waals surface area contributed by atoms with Gasteiger partial charge in [0.15, 0.2) is 0 Å². The van der Waals surface area contributed by atoms with Gasteiger partial charge >= 0.3 is 0 Å². The van der Waals surface area contributed by atoms with E-state index in [1.807, 2.05) is 43.1 Å². The zero-order valence-corrected chi connectivity index (χ0v) is 12.4. The maximum Gasteiger partial charge on any atom is 0.146 e. The second-order valence-electron chi connectivity index (χ2n) is 4.51. The van der Waals surface area contributed by atoms with Gasteiger partial charge in [-0.15, -0.1) is 0 Å². The predicted molar refractivity (Wildman–Crippen MR) is 83.3 cm³/mol. The van der Waals surface area contributed by atoms with Crippen molar-refractivity contribution < 1.29 is 4.39 Å². The molecule has 0 amide bonds. The number of halogens is 2. The van der Waals surface area contributed by atoms with Crippen molar-refractivity contribution >= 4 is 23.0 Å². The fourth-order valence-electron chi connectivity index (χ4n) is 2.22. The van der Waals surface area contributed by atoms with Crippen LogP contribution < -0.4 is 10.2 Å². The number of rotatable bonds is 5. The lowest BCUT2D eigenvalue weighted by molar-refractivity contribution is 0.625. The molecule has 1 N–H and O–H groups in total. The van der Waals surface area contributed by atoms with E-state index in [4.69, 9.17) is 11.6 Å². The van der Waals surface area contributed by atoms with Crippen LogP contribution in [0.15, 0.2) is 42.5 Å². The summed E-state index contributed by atoms with van der Waals surface area (Å²) in [7, 11) is 1.89. The third-order valence-corrected chi connectivity index (χ3v) is 3.45. The lowest BCUT2D eigenvalue weighted by Crippen LogP contribution is -2.18. The Hall–Kier alpha value is -1.58. The largest absolute Gasteiger partial charge is 0.338 e. The molecule has 2 nitrogen and oxygen atoms in total. The maximum absolute atomic E-state index is 13.9. The summed E-state index contributed by atoms with van der Waals surface area (Å²) in [5.41, 5.74) is 2.46. The normalized spacial score (nSPS) is 10.6. The lowest BCUT2D eigenvalue weighted by Gasteiger charge is -2.25. The third kappa shape index (κ3) is 3.11. The maximum atomic E-state index is 13.9. The highest BCUT2D eigenvalue weighted by Gasteiger charge is 2.14. The molecule has 0 saturated heterocycles. The van der Waals surface area contributed by atoms with E-state index in [2.05, 4.69) is 5.32 Å². The van der Waals surface area contributed by atoms with Gasteiger partial charge in [-0.05, 0) is 43.8 Å². The smallest absolute Gasteiger partial charge is 0.146 e. The summed E-state index contributed by atoms with van der Waals surface area (Å²) in [4.78, 5) is 1.88. The molecular formula is C16H18ClFN2. The molecule has 0 radical (unpaired) electrons. The van der Waals surface area contributed by atoms with E-state index < -0.39 is 0 Å². The molecule has 2 rings (SSSR count). The summed E-state index contributed by atoms with van der Waals surface area (Å²) >= 11 is 6.35. The highest BCUT2D eigenvalue weighted by Crippen LogP contribution is 2.33. The van der Waals surface area contributed by atoms with Crippen LogP contribution in [0.5, 0.6) is 0 Å². The van der Waals surface area contributed by atoms with Gasteiger partial charge in [0.2, 0.25) is 0 Å². The summed E-state index contributed by atoms with van der Waals surface area (Å²) in [6.45, 7) is 3.38. The molecule has 0 unspecified atom stereocenters. The van der Waals surface area contributed by atoms with Crippen molar-refractivity contribution in [2.45, 2.75) is 13.5 Å². The molecule has 106 valence electrons. The average molecular weight is 293 g/mol. The fraction of sp³-hybridized carbons (Fsp3) is 0.250. The van der Waals surface area contributed by atoms with Gasteiger partial charge in [-0.1, -0.05) is 29.8 Å². The molecule has 0 aliphatic rings. The molecule has 0 aromatic heterocycles. The van der Waals surface area contributed by atoms with Crippen LogP contribution in [0.3, 0.4) is 0 Å². The number of hydrogen-bond acceptors (Lipinski definition) is 2. The van der Waals surface area contributed by atoms with Crippen molar-refractivity contribution in [3.8, 4) is 0 Å². The zero-order chi connectivity index (χ0) is 14.5. The Balaban J connectivity index is 2.40. The van der Waals surface area contributed by atoms with Crippen LogP contribution in [0, 0.1) is 5.82 Å². The standard InChI is InChI=1S/C16H18ClFN2/c1-3-20(16-7-5-4-6-14(16)18)15-9-8-12(11-19-2)10-13(15)17/h4-10,19H,3,11H2,1-2H3. The first-order valence-electron chi connectivity index (χ1n) is 6.62. The van der Waals surface area contributed by atoms with Crippen molar-refractivity contribution in [2.24, 2.45) is 0 Å². The lowest BCUT2D eigenvalue weighted by atomic mass is 10.1. The SMILES string of the molecule is CCN(c1ccccc1F)c1ccc(CNC)cc1Cl. The van der Waals surface area contributed by atoms with Gasteiger partial charge in [0, 0.05) is 13.1 Å². The van der Waals surface area contributed by atoms with Gasteiger partial charge in [0.05, 0.1) is 16.4 Å². The number of benzene rings is 2. The van der Waals surface area contributed by atoms with Gasteiger partial charge in [0.1, 0.15) is 5.82 Å². The zero-order valence-electron chi connectivity index (χ0n) is 11.7. The number of anilines is 2. The molecule has 0 bridgehead atoms. The molecule has 20 heavy (non-hydrogen) atoms. The molecule has 0 aliphatic heterocycles. The van der Waals surface area contributed by atoms with Gasteiger partial charge in [-0.3, -0.25) is 0 Å². The Morgan fingerprint density at radius 2 is 1.90 bits per heavy atom. The number of nitrogens with one attached hydrogen (secondary N) is 1. The highest BCUT2D eigenvalue weighted by molar-refractivity contribution is 6.33. The highest BCUT2D eigenvalue weighted by atomic mass is 35.5. The van der Waals surface area contributed by atoms with Gasteiger partial charge in [-0.2, -0.15) is 0 Å². The van der Waals surface area contributed by atoms with E-state index in [0.717, 1.165) is 17.8 Å². The van der Waals surface area contributed by atoms with Crippen LogP contribution in [-0.4, -0.2) is 13.6 Å². The second kappa shape index (κ2) is 6.73. The van der Waals surface area contributed by atoms with Gasteiger partial charge < -0.3 is 10.2 Å². The van der Waals surface area contributed by atoms with Crippen molar-refractivity contribution in [1.82, 2.24) is 5.32 Å². The Bertz CT molecular complexity index is 586. The summed E-state index contributed by atoms with van der Waals surface area (Å²) in [6, 6.07) is 12.6. The van der Waals surface area contributed by atoms with Crippen molar-refractivity contribution in [3.63, 3.8) is 0 Å². The third-order valence-electron chi connectivity index (χ3n) is 3.14. The van der Waals surface area contributed by atoms with Gasteiger partial charge in [0.25, 0.3) is 0 Å². The molecule has 4 heteroatoms. The van der Waals surface area contributed by atoms with E-state index in [-0.39, 0.29) is 5.82 Å². The molecular weight excluding hydrogens is 275 g/mol. The Morgan fingerprint density at radius 1 is 1.15 bits per heavy atom. The van der Waals surface area contributed by atoms with Crippen LogP contribution in [-0.2, 0) is 6.54 Å². The molecule has 2 aromatic carbocycles. The van der Waals surface area contributed by atoms with Crippen LogP contribution in [0.1, 0.15) is 12.5 Å². The summed E-state index contributed by atoms with van der Waals surface area (Å²) in [5, 5.41) is 3.71. The first-order valence-corrected chi connectivity index (χ1v) is 7.00. The fourth-order valence-corrected chi connectivity index (χ4v) is 2.53. The predicted octanol–water partition coefficient (Wildman–Crippen LogP) is 4.36. The summed E-state index contributed by atoms with van der Waals surface area (Å²) in [6.07, 6.45) is 0. The number of hydrogen-bond donors (Lipinski definition) is 1. The van der Waals surface area contributed by atoms with Crippen LogP contribution >= 0.6 is 11.6 Å². The quantitative estimate of drug-likeness (QED) is 0.881. The van der Waals surface area contributed by atoms with Crippen LogP contribution in [0.2, 0.25) is 5.02 Å².